The summed E-state index contributed by atoms with van der Waals surface area (Å²) in [6.45, 7) is 0. The molecule has 0 saturated heterocycles. The van der Waals surface area contributed by atoms with Crippen LogP contribution in [0.4, 0.5) is 0 Å². The van der Waals surface area contributed by atoms with Gasteiger partial charge in [-0.15, -0.1) is 0 Å². The van der Waals surface area contributed by atoms with Crippen molar-refractivity contribution in [1.29, 1.82) is 0 Å². The zero-order chi connectivity index (χ0) is 7.82. The molecule has 0 unspecified atom stereocenters. The van der Waals surface area contributed by atoms with E-state index in [-0.39, 0.29) is 0 Å². The van der Waals surface area contributed by atoms with Crippen LogP contribution in [0, 0.1) is 6.07 Å². The van der Waals surface area contributed by atoms with E-state index in [0.29, 0.717) is 0 Å². The minimum atomic E-state index is -1.33. The van der Waals surface area contributed by atoms with Gasteiger partial charge in [0.05, 0.1) is 0 Å². The van der Waals surface area contributed by atoms with Crippen LogP contribution in [0.2, 0.25) is 0 Å². The summed E-state index contributed by atoms with van der Waals surface area (Å²) >= 11 is -1.33. The molecule has 0 heterocycles. The zero-order valence-corrected chi connectivity index (χ0v) is 8.25. The fourth-order valence-corrected chi connectivity index (χ4v) is 0.342. The normalized spacial score (nSPS) is 9.30. The molecule has 0 fully saturated rings. The van der Waals surface area contributed by atoms with E-state index in [1.54, 1.807) is 0 Å². The van der Waals surface area contributed by atoms with E-state index in [0.717, 1.165) is 0 Å². The molecule has 4 heteroatoms. The Morgan fingerprint density at radius 1 is 0.900 bits per heavy atom. The Morgan fingerprint density at radius 3 is 1.40 bits per heavy atom. The summed E-state index contributed by atoms with van der Waals surface area (Å²) in [5.74, 6) is 0. The fourth-order valence-electron chi connectivity index (χ4n) is 0.342. The molecule has 0 N–H and O–H groups in total. The maximum absolute atomic E-state index is 4.89. The Morgan fingerprint density at radius 2 is 1.30 bits per heavy atom. The Kier molecular flexibility index (Phi) is 8.18. The van der Waals surface area contributed by atoms with Gasteiger partial charge in [-0.2, -0.15) is 36.4 Å². The molecule has 0 aliphatic rings. The quantitative estimate of drug-likeness (QED) is 0.480. The molecule has 1 aromatic rings. The van der Waals surface area contributed by atoms with Gasteiger partial charge in [0.2, 0.25) is 0 Å². The van der Waals surface area contributed by atoms with E-state index < -0.39 is 11.2 Å². The Balaban J connectivity index is 0.000000180. The molecular weight excluding hydrogens is 234 g/mol. The predicted octanol–water partition coefficient (Wildman–Crippen LogP) is 3.55. The van der Waals surface area contributed by atoms with E-state index >= 15 is 0 Å². The summed E-state index contributed by atoms with van der Waals surface area (Å²) in [6, 6.07) is 12.5. The summed E-state index contributed by atoms with van der Waals surface area (Å²) in [6.07, 6.45) is 0. The van der Waals surface area contributed by atoms with Gasteiger partial charge in [-0.1, -0.05) is 0 Å². The molecule has 0 saturated carbocycles. The van der Waals surface area contributed by atoms with Crippen molar-refractivity contribution in [2.24, 2.45) is 0 Å². The average molecular weight is 239 g/mol. The van der Waals surface area contributed by atoms with Gasteiger partial charge in [-0.3, -0.25) is 0 Å². The van der Waals surface area contributed by atoms with Crippen LogP contribution in [0.5, 0.6) is 0 Å². The fraction of sp³-hybridized carbons (Fsp3) is 0. The minimum Gasteiger partial charge on any atom is -0.184 e. The zero-order valence-electron chi connectivity index (χ0n) is 4.87. The molecule has 0 spiro atoms. The molecular formula is C6H5Cl3Fe-. The van der Waals surface area contributed by atoms with Crippen molar-refractivity contribution < 1.29 is 11.2 Å². The smallest absolute Gasteiger partial charge is 0.171 e. The summed E-state index contributed by atoms with van der Waals surface area (Å²) in [5.41, 5.74) is 0. The summed E-state index contributed by atoms with van der Waals surface area (Å²) in [4.78, 5) is 0. The van der Waals surface area contributed by atoms with E-state index in [1.165, 1.54) is 0 Å². The molecule has 59 valence electrons. The molecule has 0 amide bonds. The third-order valence-corrected chi connectivity index (χ3v) is 0.607. The molecule has 1 aromatic carbocycles. The molecule has 0 atom stereocenters. The monoisotopic (exact) mass is 238 g/mol. The summed E-state index contributed by atoms with van der Waals surface area (Å²) in [5, 5.41) is 0. The second-order valence-electron chi connectivity index (χ2n) is 1.23. The maximum atomic E-state index is 4.89. The van der Waals surface area contributed by atoms with Crippen molar-refractivity contribution in [2.45, 2.75) is 0 Å². The van der Waals surface area contributed by atoms with Crippen molar-refractivity contribution in [2.75, 3.05) is 0 Å². The molecule has 1 rings (SSSR count). The van der Waals surface area contributed by atoms with Crippen LogP contribution in [-0.4, -0.2) is 0 Å². The van der Waals surface area contributed by atoms with Crippen LogP contribution in [-0.2, 0) is 11.2 Å². The largest absolute Gasteiger partial charge is 0.184 e. The number of rotatable bonds is 0. The molecule has 0 nitrogen and oxygen atoms in total. The van der Waals surface area contributed by atoms with Gasteiger partial charge in [-0.05, 0) is 0 Å². The van der Waals surface area contributed by atoms with Crippen molar-refractivity contribution in [3.05, 3.63) is 36.4 Å². The van der Waals surface area contributed by atoms with Crippen LogP contribution in [0.25, 0.3) is 0 Å². The second-order valence-corrected chi connectivity index (χ2v) is 6.70. The van der Waals surface area contributed by atoms with E-state index in [4.69, 9.17) is 30.3 Å². The van der Waals surface area contributed by atoms with E-state index in [2.05, 4.69) is 6.07 Å². The molecule has 0 aromatic heterocycles. The van der Waals surface area contributed by atoms with Crippen LogP contribution in [0.15, 0.2) is 30.3 Å². The topological polar surface area (TPSA) is 0 Å². The first kappa shape index (κ1) is 10.6. The van der Waals surface area contributed by atoms with E-state index in [9.17, 15) is 0 Å². The number of benzene rings is 1. The third-order valence-electron chi connectivity index (χ3n) is 0.607. The molecule has 0 radical (unpaired) electrons. The first-order valence-corrected chi connectivity index (χ1v) is 6.87. The third kappa shape index (κ3) is 11.4. The van der Waals surface area contributed by atoms with Gasteiger partial charge >= 0.3 is 41.5 Å². The van der Waals surface area contributed by atoms with Gasteiger partial charge in [0.15, 0.2) is 0 Å². The average Bonchev–Trinajstić information content (AvgIpc) is 1.90. The number of hydrogen-bond donors (Lipinski definition) is 0. The molecule has 0 bridgehead atoms. The first-order chi connectivity index (χ1) is 4.73. The predicted molar refractivity (Wildman–Crippen MR) is 42.8 cm³/mol. The van der Waals surface area contributed by atoms with Crippen molar-refractivity contribution >= 4 is 30.3 Å². The standard InChI is InChI=1S/C6H5.3ClH.Fe/c1-2-4-6-5-3-1;;;;/h1-5H;3*1H;/q-1;;;;+3/p-3. The number of halogens is 3. The van der Waals surface area contributed by atoms with E-state index in [1.807, 2.05) is 30.3 Å². The van der Waals surface area contributed by atoms with Gasteiger partial charge in [-0.25, -0.2) is 0 Å². The van der Waals surface area contributed by atoms with Crippen LogP contribution in [0.1, 0.15) is 0 Å². The summed E-state index contributed by atoms with van der Waals surface area (Å²) in [7, 11) is 14.7. The molecule has 0 aliphatic heterocycles. The second kappa shape index (κ2) is 7.71. The van der Waals surface area contributed by atoms with Crippen LogP contribution in [0.3, 0.4) is 0 Å². The van der Waals surface area contributed by atoms with Crippen molar-refractivity contribution in [3.63, 3.8) is 0 Å². The van der Waals surface area contributed by atoms with Gasteiger partial charge in [0.1, 0.15) is 0 Å². The maximum Gasteiger partial charge on any atom is -0.171 e. The Hall–Kier alpha value is 0.609. The van der Waals surface area contributed by atoms with Gasteiger partial charge in [0, 0.05) is 0 Å². The van der Waals surface area contributed by atoms with Crippen molar-refractivity contribution in [3.8, 4) is 0 Å². The SMILES string of the molecule is [Cl][Fe]([Cl])[Cl].[c-]1ccccc1. The van der Waals surface area contributed by atoms with Gasteiger partial charge < -0.3 is 0 Å². The minimum absolute atomic E-state index is 1.33. The molecule has 10 heavy (non-hydrogen) atoms. The van der Waals surface area contributed by atoms with Crippen LogP contribution < -0.4 is 0 Å². The van der Waals surface area contributed by atoms with Gasteiger partial charge in [0.25, 0.3) is 0 Å². The molecule has 0 aliphatic carbocycles. The Labute approximate surface area is 77.7 Å². The van der Waals surface area contributed by atoms with Crippen molar-refractivity contribution in [1.82, 2.24) is 0 Å². The summed E-state index contributed by atoms with van der Waals surface area (Å²) < 4.78 is 0. The Bertz CT molecular complexity index is 113. The first-order valence-electron chi connectivity index (χ1n) is 2.31. The van der Waals surface area contributed by atoms with Crippen LogP contribution >= 0.6 is 30.3 Å². The number of hydrogen-bond acceptors (Lipinski definition) is 0.